The fourth-order valence-electron chi connectivity index (χ4n) is 2.50. The van der Waals surface area contributed by atoms with Crippen molar-refractivity contribution in [3.05, 3.63) is 57.6 Å². The van der Waals surface area contributed by atoms with E-state index in [1.807, 2.05) is 0 Å². The van der Waals surface area contributed by atoms with Gasteiger partial charge in [0.05, 0.1) is 16.1 Å². The van der Waals surface area contributed by atoms with E-state index >= 15 is 0 Å². The van der Waals surface area contributed by atoms with E-state index in [1.165, 1.54) is 25.2 Å². The molecule has 0 aromatic heterocycles. The molecule has 3 rings (SSSR count). The maximum absolute atomic E-state index is 12.3. The van der Waals surface area contributed by atoms with Crippen LogP contribution in [0.15, 0.2) is 36.4 Å². The molecular weight excluding hydrogens is 379 g/mol. The maximum atomic E-state index is 12.3. The van der Waals surface area contributed by atoms with Crippen molar-refractivity contribution in [3.63, 3.8) is 0 Å². The summed E-state index contributed by atoms with van der Waals surface area (Å²) in [5.74, 6) is -0.869. The van der Waals surface area contributed by atoms with Crippen molar-refractivity contribution < 1.29 is 19.1 Å². The molecule has 2 aromatic rings. The second kappa shape index (κ2) is 6.97. The van der Waals surface area contributed by atoms with Gasteiger partial charge in [-0.25, -0.2) is 0 Å². The minimum atomic E-state index is -0.845. The molecule has 6 nitrogen and oxygen atoms in total. The topological polar surface area (TPSA) is 75.7 Å². The number of hydrogen-bond donors (Lipinski definition) is 1. The molecule has 1 atom stereocenters. The van der Waals surface area contributed by atoms with Gasteiger partial charge in [-0.3, -0.25) is 19.3 Å². The van der Waals surface area contributed by atoms with Gasteiger partial charge in [0.2, 0.25) is 0 Å². The van der Waals surface area contributed by atoms with E-state index < -0.39 is 17.9 Å². The van der Waals surface area contributed by atoms with E-state index in [9.17, 15) is 14.4 Å². The smallest absolute Gasteiger partial charge is 0.265 e. The molecule has 1 heterocycles. The van der Waals surface area contributed by atoms with Crippen LogP contribution in [-0.4, -0.2) is 35.8 Å². The highest BCUT2D eigenvalue weighted by Gasteiger charge is 2.32. The largest absolute Gasteiger partial charge is 0.479 e. The van der Waals surface area contributed by atoms with Crippen LogP contribution in [0.4, 0.5) is 5.69 Å². The highest BCUT2D eigenvalue weighted by molar-refractivity contribution is 6.35. The number of carbonyl (C=O) groups excluding carboxylic acids is 3. The van der Waals surface area contributed by atoms with Crippen LogP contribution in [0.5, 0.6) is 5.75 Å². The Labute approximate surface area is 159 Å². The molecule has 2 aromatic carbocycles. The first-order valence-electron chi connectivity index (χ1n) is 7.67. The van der Waals surface area contributed by atoms with Crippen LogP contribution in [-0.2, 0) is 4.79 Å². The summed E-state index contributed by atoms with van der Waals surface area (Å²) in [6.45, 7) is 1.57. The van der Waals surface area contributed by atoms with Crippen molar-refractivity contribution in [1.82, 2.24) is 4.90 Å². The molecule has 26 heavy (non-hydrogen) atoms. The molecule has 1 aliphatic heterocycles. The normalized spacial score (nSPS) is 14.2. The molecule has 1 aliphatic rings. The van der Waals surface area contributed by atoms with Gasteiger partial charge in [0.25, 0.3) is 17.7 Å². The van der Waals surface area contributed by atoms with Crippen LogP contribution >= 0.6 is 23.2 Å². The van der Waals surface area contributed by atoms with Crippen LogP contribution < -0.4 is 10.1 Å². The predicted molar refractivity (Wildman–Crippen MR) is 98.0 cm³/mol. The molecule has 8 heteroatoms. The summed E-state index contributed by atoms with van der Waals surface area (Å²) in [4.78, 5) is 37.3. The van der Waals surface area contributed by atoms with Gasteiger partial charge in [0, 0.05) is 17.8 Å². The molecular formula is C18H14Cl2N2O4. The van der Waals surface area contributed by atoms with Crippen molar-refractivity contribution >= 4 is 46.6 Å². The predicted octanol–water partition coefficient (Wildman–Crippen LogP) is 3.63. The number of nitrogens with one attached hydrogen (secondary N) is 1. The standard InChI is InChI=1S/C18H14Cl2N2O4/c1-9(26-15-6-3-10(19)7-14(15)20)16(23)21-11-4-5-12-13(8-11)18(25)22(2)17(12)24/h3-9H,1-2H3,(H,21,23). The zero-order valence-corrected chi connectivity index (χ0v) is 15.4. The summed E-state index contributed by atoms with van der Waals surface area (Å²) in [7, 11) is 1.41. The van der Waals surface area contributed by atoms with E-state index in [-0.39, 0.29) is 11.5 Å². The fraction of sp³-hybridized carbons (Fsp3) is 0.167. The highest BCUT2D eigenvalue weighted by Crippen LogP contribution is 2.29. The number of imide groups is 1. The number of benzene rings is 2. The van der Waals surface area contributed by atoms with Crippen molar-refractivity contribution in [3.8, 4) is 5.75 Å². The van der Waals surface area contributed by atoms with Gasteiger partial charge >= 0.3 is 0 Å². The molecule has 0 bridgehead atoms. The average Bonchev–Trinajstić information content (AvgIpc) is 2.81. The van der Waals surface area contributed by atoms with Crippen LogP contribution in [0.1, 0.15) is 27.6 Å². The maximum Gasteiger partial charge on any atom is 0.265 e. The van der Waals surface area contributed by atoms with Crippen LogP contribution in [0.3, 0.4) is 0 Å². The lowest BCUT2D eigenvalue weighted by Crippen LogP contribution is -2.30. The Hall–Kier alpha value is -2.57. The monoisotopic (exact) mass is 392 g/mol. The Morgan fingerprint density at radius 3 is 2.46 bits per heavy atom. The lowest BCUT2D eigenvalue weighted by molar-refractivity contribution is -0.122. The third-order valence-corrected chi connectivity index (χ3v) is 4.45. The first-order valence-corrected chi connectivity index (χ1v) is 8.42. The molecule has 3 amide bonds. The summed E-state index contributed by atoms with van der Waals surface area (Å²) in [5.41, 5.74) is 0.959. The Balaban J connectivity index is 1.72. The van der Waals surface area contributed by atoms with Crippen molar-refractivity contribution in [2.75, 3.05) is 12.4 Å². The minimum absolute atomic E-state index is 0.254. The number of hydrogen-bond acceptors (Lipinski definition) is 4. The van der Waals surface area contributed by atoms with E-state index in [1.54, 1.807) is 25.1 Å². The van der Waals surface area contributed by atoms with Gasteiger partial charge in [-0.15, -0.1) is 0 Å². The van der Waals surface area contributed by atoms with Gasteiger partial charge in [0.1, 0.15) is 5.75 Å². The lowest BCUT2D eigenvalue weighted by Gasteiger charge is -2.16. The molecule has 0 aliphatic carbocycles. The first-order chi connectivity index (χ1) is 12.3. The number of amides is 3. The quantitative estimate of drug-likeness (QED) is 0.806. The molecule has 0 saturated carbocycles. The molecule has 1 unspecified atom stereocenters. The van der Waals surface area contributed by atoms with Gasteiger partial charge in [0.15, 0.2) is 6.10 Å². The third kappa shape index (κ3) is 3.38. The van der Waals surface area contributed by atoms with E-state index in [4.69, 9.17) is 27.9 Å². The van der Waals surface area contributed by atoms with E-state index in [0.29, 0.717) is 27.0 Å². The fourth-order valence-corrected chi connectivity index (χ4v) is 2.95. The lowest BCUT2D eigenvalue weighted by atomic mass is 10.1. The van der Waals surface area contributed by atoms with Crippen molar-refractivity contribution in [2.24, 2.45) is 0 Å². The summed E-state index contributed by atoms with van der Waals surface area (Å²) in [5, 5.41) is 3.41. The molecule has 0 radical (unpaired) electrons. The summed E-state index contributed by atoms with van der Waals surface area (Å²) in [6, 6.07) is 9.23. The van der Waals surface area contributed by atoms with Gasteiger partial charge in [-0.05, 0) is 43.3 Å². The van der Waals surface area contributed by atoms with E-state index in [2.05, 4.69) is 5.32 Å². The molecule has 1 N–H and O–H groups in total. The number of anilines is 1. The van der Waals surface area contributed by atoms with Crippen molar-refractivity contribution in [2.45, 2.75) is 13.0 Å². The third-order valence-electron chi connectivity index (χ3n) is 3.92. The molecule has 0 saturated heterocycles. The van der Waals surface area contributed by atoms with E-state index in [0.717, 1.165) is 4.90 Å². The second-order valence-electron chi connectivity index (χ2n) is 5.75. The van der Waals surface area contributed by atoms with Crippen LogP contribution in [0.2, 0.25) is 10.0 Å². The summed E-state index contributed by atoms with van der Waals surface area (Å²) >= 11 is 11.9. The number of ether oxygens (including phenoxy) is 1. The average molecular weight is 393 g/mol. The zero-order valence-electron chi connectivity index (χ0n) is 13.9. The molecule has 134 valence electrons. The Kier molecular flexibility index (Phi) is 4.89. The number of rotatable bonds is 4. The van der Waals surface area contributed by atoms with Crippen LogP contribution in [0.25, 0.3) is 0 Å². The number of fused-ring (bicyclic) bond motifs is 1. The number of halogens is 2. The van der Waals surface area contributed by atoms with Crippen LogP contribution in [0, 0.1) is 0 Å². The van der Waals surface area contributed by atoms with Crippen molar-refractivity contribution in [1.29, 1.82) is 0 Å². The summed E-state index contributed by atoms with van der Waals surface area (Å²) in [6.07, 6.45) is -0.845. The minimum Gasteiger partial charge on any atom is -0.479 e. The Morgan fingerprint density at radius 1 is 1.08 bits per heavy atom. The second-order valence-corrected chi connectivity index (χ2v) is 6.60. The SMILES string of the molecule is CC(Oc1ccc(Cl)cc1Cl)C(=O)Nc1ccc2c(c1)C(=O)N(C)C2=O. The highest BCUT2D eigenvalue weighted by atomic mass is 35.5. The van der Waals surface area contributed by atoms with Gasteiger partial charge in [-0.1, -0.05) is 23.2 Å². The Morgan fingerprint density at radius 2 is 1.77 bits per heavy atom. The molecule has 0 fully saturated rings. The van der Waals surface area contributed by atoms with Gasteiger partial charge in [-0.2, -0.15) is 0 Å². The van der Waals surface area contributed by atoms with Gasteiger partial charge < -0.3 is 10.1 Å². The first kappa shape index (κ1) is 18.2. The zero-order chi connectivity index (χ0) is 19.0. The number of nitrogens with zero attached hydrogens (tertiary/aromatic N) is 1. The summed E-state index contributed by atoms with van der Waals surface area (Å²) < 4.78 is 5.55. The Bertz CT molecular complexity index is 929. The number of carbonyl (C=O) groups is 3. The molecule has 0 spiro atoms.